The van der Waals surface area contributed by atoms with E-state index in [9.17, 15) is 9.18 Å². The summed E-state index contributed by atoms with van der Waals surface area (Å²) in [5.74, 6) is -0.799. The molecule has 4 nitrogen and oxygen atoms in total. The first kappa shape index (κ1) is 13.9. The molecule has 0 fully saturated rings. The Bertz CT molecular complexity index is 643. The van der Waals surface area contributed by atoms with E-state index in [1.807, 2.05) is 0 Å². The number of hydrogen-bond donors (Lipinski definition) is 2. The van der Waals surface area contributed by atoms with Crippen molar-refractivity contribution in [3.63, 3.8) is 0 Å². The maximum atomic E-state index is 13.8. The van der Waals surface area contributed by atoms with Gasteiger partial charge in [0.1, 0.15) is 5.82 Å². The first-order valence-electron chi connectivity index (χ1n) is 6.26. The number of carbonyl (C=O) groups excluding carboxylic acids is 1. The molecule has 1 amide bonds. The van der Waals surface area contributed by atoms with Crippen molar-refractivity contribution in [3.05, 3.63) is 53.8 Å². The Hall–Kier alpha value is -2.56. The minimum Gasteiger partial charge on any atom is -0.399 e. The second-order valence-corrected chi connectivity index (χ2v) is 4.35. The number of nitrogens with two attached hydrogens (primary N) is 2. The van der Waals surface area contributed by atoms with E-state index in [0.29, 0.717) is 17.8 Å². The predicted octanol–water partition coefficient (Wildman–Crippen LogP) is 2.66. The van der Waals surface area contributed by atoms with E-state index in [4.69, 9.17) is 11.5 Å². The van der Waals surface area contributed by atoms with E-state index in [0.717, 1.165) is 0 Å². The van der Waals surface area contributed by atoms with Crippen molar-refractivity contribution in [2.24, 2.45) is 0 Å². The average molecular weight is 273 g/mol. The number of nitrogen functional groups attached to an aromatic ring is 2. The van der Waals surface area contributed by atoms with Crippen LogP contribution in [0.25, 0.3) is 0 Å². The summed E-state index contributed by atoms with van der Waals surface area (Å²) in [6, 6.07) is 10.8. The monoisotopic (exact) mass is 273 g/mol. The largest absolute Gasteiger partial charge is 0.399 e. The summed E-state index contributed by atoms with van der Waals surface area (Å²) >= 11 is 0. The molecule has 2 rings (SSSR count). The van der Waals surface area contributed by atoms with Gasteiger partial charge in [0.25, 0.3) is 5.91 Å². The average Bonchev–Trinajstić information content (AvgIpc) is 2.41. The van der Waals surface area contributed by atoms with E-state index < -0.39 is 5.82 Å². The summed E-state index contributed by atoms with van der Waals surface area (Å²) < 4.78 is 13.8. The van der Waals surface area contributed by atoms with Crippen molar-refractivity contribution < 1.29 is 9.18 Å². The third kappa shape index (κ3) is 2.56. The fourth-order valence-corrected chi connectivity index (χ4v) is 2.02. The molecule has 20 heavy (non-hydrogen) atoms. The van der Waals surface area contributed by atoms with E-state index in [-0.39, 0.29) is 17.3 Å². The number of carbonyl (C=O) groups is 1. The van der Waals surface area contributed by atoms with Gasteiger partial charge in [-0.3, -0.25) is 4.79 Å². The molecule has 0 radical (unpaired) electrons. The number of rotatable bonds is 3. The predicted molar refractivity (Wildman–Crippen MR) is 79.0 cm³/mol. The van der Waals surface area contributed by atoms with Crippen LogP contribution in [0.1, 0.15) is 17.3 Å². The highest BCUT2D eigenvalue weighted by Gasteiger charge is 2.20. The Morgan fingerprint density at radius 1 is 1.20 bits per heavy atom. The van der Waals surface area contributed by atoms with Gasteiger partial charge in [0.2, 0.25) is 0 Å². The summed E-state index contributed by atoms with van der Waals surface area (Å²) in [6.45, 7) is 2.11. The smallest absolute Gasteiger partial charge is 0.260 e. The van der Waals surface area contributed by atoms with Crippen LogP contribution in [-0.2, 0) is 0 Å². The Kier molecular flexibility index (Phi) is 3.89. The van der Waals surface area contributed by atoms with Crippen LogP contribution in [0.3, 0.4) is 0 Å². The highest BCUT2D eigenvalue weighted by Crippen LogP contribution is 2.23. The third-order valence-electron chi connectivity index (χ3n) is 3.01. The van der Waals surface area contributed by atoms with Gasteiger partial charge in [-0.05, 0) is 37.3 Å². The maximum Gasteiger partial charge on any atom is 0.260 e. The summed E-state index contributed by atoms with van der Waals surface area (Å²) in [6.07, 6.45) is 0. The molecule has 2 aromatic rings. The van der Waals surface area contributed by atoms with Crippen molar-refractivity contribution in [1.82, 2.24) is 0 Å². The summed E-state index contributed by atoms with van der Waals surface area (Å²) in [5.41, 5.74) is 12.7. The van der Waals surface area contributed by atoms with E-state index in [2.05, 4.69) is 0 Å². The Labute approximate surface area is 116 Å². The highest BCUT2D eigenvalue weighted by molar-refractivity contribution is 6.09. The van der Waals surface area contributed by atoms with Gasteiger partial charge < -0.3 is 16.4 Å². The molecule has 0 unspecified atom stereocenters. The van der Waals surface area contributed by atoms with Crippen LogP contribution in [0.4, 0.5) is 21.5 Å². The molecule has 0 aliphatic heterocycles. The molecule has 0 aliphatic carbocycles. The minimum absolute atomic E-state index is 0.233. The first-order chi connectivity index (χ1) is 9.54. The topological polar surface area (TPSA) is 72.3 Å². The first-order valence-corrected chi connectivity index (χ1v) is 6.26. The SMILES string of the molecule is CCN(C(=O)c1ccc(N)cc1N)c1ccccc1F. The molecular formula is C15H16FN3O. The molecule has 0 aliphatic rings. The van der Waals surface area contributed by atoms with Gasteiger partial charge >= 0.3 is 0 Å². The van der Waals surface area contributed by atoms with Gasteiger partial charge in [0.05, 0.1) is 11.3 Å². The minimum atomic E-state index is -0.447. The molecule has 4 N–H and O–H groups in total. The number of benzene rings is 2. The van der Waals surface area contributed by atoms with Gasteiger partial charge in [-0.1, -0.05) is 12.1 Å². The molecule has 0 saturated carbocycles. The lowest BCUT2D eigenvalue weighted by Crippen LogP contribution is -2.32. The number of anilines is 3. The lowest BCUT2D eigenvalue weighted by atomic mass is 10.1. The highest BCUT2D eigenvalue weighted by atomic mass is 19.1. The number of hydrogen-bond acceptors (Lipinski definition) is 3. The zero-order valence-electron chi connectivity index (χ0n) is 11.1. The van der Waals surface area contributed by atoms with Crippen molar-refractivity contribution in [2.45, 2.75) is 6.92 Å². The summed E-state index contributed by atoms with van der Waals surface area (Å²) in [7, 11) is 0. The van der Waals surface area contributed by atoms with Gasteiger partial charge in [0, 0.05) is 17.9 Å². The molecule has 0 atom stereocenters. The molecule has 5 heteroatoms. The van der Waals surface area contributed by atoms with Gasteiger partial charge in [-0.2, -0.15) is 0 Å². The van der Waals surface area contributed by atoms with Crippen LogP contribution in [0.5, 0.6) is 0 Å². The number of amides is 1. The quantitative estimate of drug-likeness (QED) is 0.844. The fourth-order valence-electron chi connectivity index (χ4n) is 2.02. The molecule has 2 aromatic carbocycles. The molecule has 0 aromatic heterocycles. The fraction of sp³-hybridized carbons (Fsp3) is 0.133. The van der Waals surface area contributed by atoms with Crippen LogP contribution in [0, 0.1) is 5.82 Å². The van der Waals surface area contributed by atoms with Crippen LogP contribution in [0.2, 0.25) is 0 Å². The van der Waals surface area contributed by atoms with E-state index in [1.165, 1.54) is 17.0 Å². The lowest BCUT2D eigenvalue weighted by Gasteiger charge is -2.22. The second kappa shape index (κ2) is 5.61. The van der Waals surface area contributed by atoms with Crippen LogP contribution < -0.4 is 16.4 Å². The third-order valence-corrected chi connectivity index (χ3v) is 3.01. The molecule has 104 valence electrons. The van der Waals surface area contributed by atoms with Crippen molar-refractivity contribution in [2.75, 3.05) is 22.9 Å². The van der Waals surface area contributed by atoms with Crippen LogP contribution in [-0.4, -0.2) is 12.5 Å². The van der Waals surface area contributed by atoms with E-state index >= 15 is 0 Å². The number of nitrogens with zero attached hydrogens (tertiary/aromatic N) is 1. The van der Waals surface area contributed by atoms with Crippen molar-refractivity contribution >= 4 is 23.0 Å². The summed E-state index contributed by atoms with van der Waals surface area (Å²) in [5, 5.41) is 0. The molecule has 0 heterocycles. The maximum absolute atomic E-state index is 13.8. The zero-order valence-corrected chi connectivity index (χ0v) is 11.1. The normalized spacial score (nSPS) is 10.3. The molecule has 0 bridgehead atoms. The van der Waals surface area contributed by atoms with Gasteiger partial charge in [-0.25, -0.2) is 4.39 Å². The molecule has 0 saturated heterocycles. The standard InChI is InChI=1S/C15H16FN3O/c1-2-19(14-6-4-3-5-12(14)16)15(20)11-8-7-10(17)9-13(11)18/h3-9H,2,17-18H2,1H3. The molecular weight excluding hydrogens is 257 g/mol. The van der Waals surface area contributed by atoms with Crippen LogP contribution >= 0.6 is 0 Å². The second-order valence-electron chi connectivity index (χ2n) is 4.35. The number of para-hydroxylation sites is 1. The number of halogens is 1. The van der Waals surface area contributed by atoms with Crippen LogP contribution in [0.15, 0.2) is 42.5 Å². The van der Waals surface area contributed by atoms with Gasteiger partial charge in [0.15, 0.2) is 0 Å². The zero-order chi connectivity index (χ0) is 14.7. The van der Waals surface area contributed by atoms with Crippen molar-refractivity contribution in [3.8, 4) is 0 Å². The molecule has 0 spiro atoms. The Morgan fingerprint density at radius 3 is 2.50 bits per heavy atom. The Morgan fingerprint density at radius 2 is 1.90 bits per heavy atom. The lowest BCUT2D eigenvalue weighted by molar-refractivity contribution is 0.0988. The van der Waals surface area contributed by atoms with E-state index in [1.54, 1.807) is 37.3 Å². The summed E-state index contributed by atoms with van der Waals surface area (Å²) in [4.78, 5) is 13.8. The van der Waals surface area contributed by atoms with Crippen molar-refractivity contribution in [1.29, 1.82) is 0 Å². The Balaban J connectivity index is 2.42. The van der Waals surface area contributed by atoms with Gasteiger partial charge in [-0.15, -0.1) is 0 Å².